The van der Waals surface area contributed by atoms with Gasteiger partial charge in [-0.3, -0.25) is 0 Å². The number of nitrogens with zero attached hydrogens (tertiary/aromatic N) is 2. The number of benzene rings is 2. The first-order valence-corrected chi connectivity index (χ1v) is 53.7. The lowest BCUT2D eigenvalue weighted by Gasteiger charge is -2.15. The minimum Gasteiger partial charge on any atom is -0.195 e. The maximum atomic E-state index is 2.73. The Morgan fingerprint density at radius 3 is 0.761 bits per heavy atom. The maximum Gasteiger partial charge on any atom is 0.209 e. The average molecular weight is 1700 g/mol. The molecule has 9 aromatic rings. The Morgan fingerprint density at radius 1 is 0.239 bits per heavy atom. The zero-order valence-corrected chi connectivity index (χ0v) is 81.0. The molecule has 7 aromatic heterocycles. The molecular weight excluding hydrogens is 1550 g/mol. The zero-order valence-electron chi connectivity index (χ0n) is 75.2. The molecular formula is C108H152N2S7+2. The third-order valence-electron chi connectivity index (χ3n) is 25.5. The lowest BCUT2D eigenvalue weighted by Crippen LogP contribution is -2.27. The van der Waals surface area contributed by atoms with Gasteiger partial charge in [-0.1, -0.05) is 297 Å². The quantitative estimate of drug-likeness (QED) is 0.0265. The summed E-state index contributed by atoms with van der Waals surface area (Å²) in [6.45, 7) is 30.7. The first-order chi connectivity index (χ1) is 57.3. The van der Waals surface area contributed by atoms with Crippen LogP contribution in [0.5, 0.6) is 0 Å². The molecule has 2 aromatic carbocycles. The SMILES string of the molecule is CCCCCCCCc1cc(/C=C/C2=[N+](CCCC)c3ccccc3C2(C)C)sc1-c1cc(CCCCCCCC)c(-c2cc(CCCCCCCC)c(-c3ccc(-c4sc(-c5sc(-c6sc(/C=C/C7=[N+](CCCC)c8ccccc8C7(C)C)cc6CCCCCCCC)cc5CCCCCCCC)cc4CCCCCCCC)s3)s2)s1. The lowest BCUT2D eigenvalue weighted by atomic mass is 9.81. The van der Waals surface area contributed by atoms with Crippen LogP contribution in [0.3, 0.4) is 0 Å². The smallest absolute Gasteiger partial charge is 0.195 e. The van der Waals surface area contributed by atoms with Crippen molar-refractivity contribution in [1.29, 1.82) is 0 Å². The largest absolute Gasteiger partial charge is 0.209 e. The van der Waals surface area contributed by atoms with E-state index in [2.05, 4.69) is 293 Å². The topological polar surface area (TPSA) is 6.02 Å². The Labute approximate surface area is 741 Å². The van der Waals surface area contributed by atoms with Crippen LogP contribution in [0.4, 0.5) is 11.4 Å². The Kier molecular flexibility index (Phi) is 38.8. The van der Waals surface area contributed by atoms with E-state index in [1.54, 1.807) is 43.1 Å². The highest BCUT2D eigenvalue weighted by molar-refractivity contribution is 7.31. The maximum absolute atomic E-state index is 2.73. The van der Waals surface area contributed by atoms with E-state index in [0.717, 1.165) is 51.6 Å². The van der Waals surface area contributed by atoms with Crippen LogP contribution in [0.15, 0.2) is 109 Å². The number of hydrogen-bond donors (Lipinski definition) is 0. The fourth-order valence-electron chi connectivity index (χ4n) is 18.5. The molecule has 0 saturated carbocycles. The molecule has 0 saturated heterocycles. The summed E-state index contributed by atoms with van der Waals surface area (Å²) in [7, 11) is 0. The van der Waals surface area contributed by atoms with Crippen LogP contribution in [0.25, 0.3) is 70.7 Å². The highest BCUT2D eigenvalue weighted by Crippen LogP contribution is 2.54. The summed E-state index contributed by atoms with van der Waals surface area (Å²) in [4.78, 5) is 21.0. The summed E-state index contributed by atoms with van der Waals surface area (Å²) in [5, 5.41) is 0. The summed E-state index contributed by atoms with van der Waals surface area (Å²) in [6, 6.07) is 39.7. The summed E-state index contributed by atoms with van der Waals surface area (Å²) in [5.41, 5.74) is 17.9. The molecule has 2 aliphatic rings. The number of unbranched alkanes of at least 4 members (excludes halogenated alkanes) is 32. The fourth-order valence-corrected chi connectivity index (χ4v) is 27.4. The Bertz CT molecular complexity index is 4290. The van der Waals surface area contributed by atoms with Gasteiger partial charge in [-0.15, -0.1) is 79.4 Å². The second-order valence-corrected chi connectivity index (χ2v) is 43.3. The van der Waals surface area contributed by atoms with E-state index < -0.39 is 0 Å². The highest BCUT2D eigenvalue weighted by atomic mass is 32.1. The molecule has 2 aliphatic heterocycles. The number of rotatable bonds is 58. The van der Waals surface area contributed by atoms with Crippen LogP contribution in [0.1, 0.15) is 394 Å². The van der Waals surface area contributed by atoms with Crippen molar-refractivity contribution in [1.82, 2.24) is 0 Å². The summed E-state index contributed by atoms with van der Waals surface area (Å²) >= 11 is 14.8. The third kappa shape index (κ3) is 25.4. The van der Waals surface area contributed by atoms with E-state index in [1.807, 2.05) is 0 Å². The van der Waals surface area contributed by atoms with Crippen molar-refractivity contribution < 1.29 is 9.15 Å². The van der Waals surface area contributed by atoms with E-state index in [9.17, 15) is 0 Å². The van der Waals surface area contributed by atoms with E-state index in [0.29, 0.717) is 0 Å². The number of allylic oxidation sites excluding steroid dienone is 2. The van der Waals surface area contributed by atoms with Crippen LogP contribution in [-0.2, 0) is 49.4 Å². The summed E-state index contributed by atoms with van der Waals surface area (Å²) in [6.07, 6.45) is 69.2. The standard InChI is InChI=1S/C108H152N2S7/c1-13-21-29-35-41-47-57-81-75-87(67-71-99-107(9,10)89-63-53-55-65-91(89)109(99)73-27-19-7)111-103(81)95-79-85(61-51-45-39-33-25-17-5)105(116-95)97-77-83(59-49-43-37-31-23-15-3)101(114-97)93-69-70-94(113-93)102-84(60-50-44-38-32-24-16-4)78-98(115-102)106-86(62-52-46-40-34-26-18-6)80-96(117-106)104-82(58-48-42-36-30-22-14-2)76-88(112-104)68-72-100-108(11,12)90-64-54-56-66-92(90)110(100)74-28-20-8/h53-56,63-72,75-80H,13-52,57-62,73-74H2,1-12H3/q+2/b71-67+,72-68+. The lowest BCUT2D eigenvalue weighted by molar-refractivity contribution is -0.438. The van der Waals surface area contributed by atoms with Gasteiger partial charge >= 0.3 is 0 Å². The van der Waals surface area contributed by atoms with Crippen LogP contribution < -0.4 is 0 Å². The number of fused-ring (bicyclic) bond motifs is 2. The molecule has 0 radical (unpaired) electrons. The van der Waals surface area contributed by atoms with Gasteiger partial charge in [0.15, 0.2) is 11.4 Å². The van der Waals surface area contributed by atoms with Gasteiger partial charge in [0.2, 0.25) is 11.4 Å². The number of para-hydroxylation sites is 2. The van der Waals surface area contributed by atoms with Crippen molar-refractivity contribution >= 4 is 114 Å². The van der Waals surface area contributed by atoms with Gasteiger partial charge in [0.25, 0.3) is 0 Å². The zero-order chi connectivity index (χ0) is 82.2. The molecule has 0 spiro atoms. The van der Waals surface area contributed by atoms with Gasteiger partial charge in [-0.2, -0.15) is 9.15 Å². The van der Waals surface area contributed by atoms with E-state index in [4.69, 9.17) is 0 Å². The first-order valence-electron chi connectivity index (χ1n) is 48.0. The van der Waals surface area contributed by atoms with Crippen molar-refractivity contribution in [2.24, 2.45) is 0 Å². The molecule has 634 valence electrons. The fraction of sp³-hybridized carbons (Fsp3) is 0.574. The normalized spacial score (nSPS) is 13.9. The average Bonchev–Trinajstić information content (AvgIpc) is 1.58. The molecule has 117 heavy (non-hydrogen) atoms. The van der Waals surface area contributed by atoms with E-state index in [-0.39, 0.29) is 10.8 Å². The van der Waals surface area contributed by atoms with Crippen molar-refractivity contribution in [2.45, 2.75) is 389 Å². The molecule has 9 heterocycles. The molecule has 9 heteroatoms. The molecule has 0 N–H and O–H groups in total. The van der Waals surface area contributed by atoms with Gasteiger partial charge in [-0.25, -0.2) is 0 Å². The molecule has 0 bridgehead atoms. The minimum absolute atomic E-state index is 0.0597. The predicted molar refractivity (Wildman–Crippen MR) is 533 cm³/mol. The summed E-state index contributed by atoms with van der Waals surface area (Å²) in [5.74, 6) is 0. The molecule has 0 unspecified atom stereocenters. The number of aryl methyl sites for hydroxylation is 6. The minimum atomic E-state index is -0.0597. The van der Waals surface area contributed by atoms with Crippen LogP contribution in [0, 0.1) is 0 Å². The second kappa shape index (κ2) is 48.9. The number of thiophene rings is 7. The molecule has 0 amide bonds. The molecule has 0 aliphatic carbocycles. The predicted octanol–water partition coefficient (Wildman–Crippen LogP) is 37.3. The van der Waals surface area contributed by atoms with Gasteiger partial charge in [0, 0.05) is 117 Å². The second-order valence-electron chi connectivity index (χ2n) is 35.9. The highest BCUT2D eigenvalue weighted by Gasteiger charge is 2.45. The van der Waals surface area contributed by atoms with Gasteiger partial charge < -0.3 is 0 Å². The Balaban J connectivity index is 0.983. The Hall–Kier alpha value is -4.84. The van der Waals surface area contributed by atoms with E-state index in [1.165, 1.54) is 349 Å². The van der Waals surface area contributed by atoms with Crippen LogP contribution >= 0.6 is 79.4 Å². The van der Waals surface area contributed by atoms with Crippen molar-refractivity contribution in [2.75, 3.05) is 13.1 Å². The van der Waals surface area contributed by atoms with Gasteiger partial charge in [0.1, 0.15) is 13.1 Å². The van der Waals surface area contributed by atoms with E-state index >= 15 is 0 Å². The van der Waals surface area contributed by atoms with Gasteiger partial charge in [-0.05, 0) is 199 Å². The molecule has 0 atom stereocenters. The monoisotopic (exact) mass is 1700 g/mol. The molecule has 0 fully saturated rings. The van der Waals surface area contributed by atoms with Crippen LogP contribution in [0.2, 0.25) is 0 Å². The van der Waals surface area contributed by atoms with Gasteiger partial charge in [0.05, 0.1) is 10.8 Å². The molecule has 11 rings (SSSR count). The van der Waals surface area contributed by atoms with Crippen molar-refractivity contribution in [3.63, 3.8) is 0 Å². The Morgan fingerprint density at radius 2 is 0.479 bits per heavy atom. The molecule has 2 nitrogen and oxygen atoms in total. The first kappa shape index (κ1) is 92.9. The van der Waals surface area contributed by atoms with Crippen LogP contribution in [-0.4, -0.2) is 33.7 Å². The van der Waals surface area contributed by atoms with Crippen molar-refractivity contribution in [3.8, 4) is 58.5 Å². The summed E-state index contributed by atoms with van der Waals surface area (Å²) < 4.78 is 5.30. The van der Waals surface area contributed by atoms with Crippen molar-refractivity contribution in [3.05, 3.63) is 163 Å². The third-order valence-corrected chi connectivity index (χ3v) is 34.7. The number of hydrogen-bond acceptors (Lipinski definition) is 7.